The van der Waals surface area contributed by atoms with E-state index in [4.69, 9.17) is 21.3 Å². The molecule has 1 aromatic heterocycles. The van der Waals surface area contributed by atoms with Gasteiger partial charge in [0, 0.05) is 36.8 Å². The highest BCUT2D eigenvalue weighted by Gasteiger charge is 2.28. The Morgan fingerprint density at radius 2 is 1.97 bits per heavy atom. The van der Waals surface area contributed by atoms with Crippen molar-refractivity contribution in [2.24, 2.45) is 0 Å². The minimum absolute atomic E-state index is 0.294. The Kier molecular flexibility index (Phi) is 6.49. The van der Waals surface area contributed by atoms with Crippen LogP contribution >= 0.6 is 22.9 Å². The van der Waals surface area contributed by atoms with E-state index >= 15 is 0 Å². The van der Waals surface area contributed by atoms with Crippen molar-refractivity contribution in [3.05, 3.63) is 64.8 Å². The van der Waals surface area contributed by atoms with Crippen molar-refractivity contribution in [2.75, 3.05) is 37.0 Å². The number of halogens is 1. The number of aromatic nitrogens is 1. The molecule has 1 aliphatic rings. The number of hydrogen-bond acceptors (Lipinski definition) is 6. The highest BCUT2D eigenvalue weighted by molar-refractivity contribution is 7.19. The predicted molar refractivity (Wildman–Crippen MR) is 129 cm³/mol. The number of carbonyl (C=O) groups is 1. The molecule has 0 spiro atoms. The molecule has 1 saturated heterocycles. The van der Waals surface area contributed by atoms with Crippen LogP contribution in [0.1, 0.15) is 28.9 Å². The van der Waals surface area contributed by atoms with Gasteiger partial charge >= 0.3 is 5.97 Å². The van der Waals surface area contributed by atoms with Gasteiger partial charge in [0.05, 0.1) is 24.1 Å². The number of thiazole rings is 1. The fourth-order valence-electron chi connectivity index (χ4n) is 4.12. The molecule has 2 aromatic carbocycles. The summed E-state index contributed by atoms with van der Waals surface area (Å²) in [6, 6.07) is 15.8. The van der Waals surface area contributed by atoms with Crippen molar-refractivity contribution < 1.29 is 9.53 Å². The molecule has 0 amide bonds. The zero-order valence-electron chi connectivity index (χ0n) is 18.0. The molecule has 31 heavy (non-hydrogen) atoms. The number of piperidine rings is 1. The number of para-hydroxylation sites is 1. The Labute approximate surface area is 192 Å². The lowest BCUT2D eigenvalue weighted by atomic mass is 10.0. The van der Waals surface area contributed by atoms with Gasteiger partial charge < -0.3 is 14.5 Å². The van der Waals surface area contributed by atoms with Crippen LogP contribution in [0.5, 0.6) is 0 Å². The van der Waals surface area contributed by atoms with Gasteiger partial charge in [-0.3, -0.25) is 0 Å². The van der Waals surface area contributed by atoms with Crippen LogP contribution in [0, 0.1) is 6.92 Å². The number of nitrogens with zero attached hydrogens (tertiary/aromatic N) is 3. The molecular weight excluding hydrogens is 430 g/mol. The summed E-state index contributed by atoms with van der Waals surface area (Å²) in [5, 5.41) is 2.90. The molecule has 1 aliphatic heterocycles. The van der Waals surface area contributed by atoms with E-state index in [0.29, 0.717) is 11.6 Å². The van der Waals surface area contributed by atoms with E-state index in [1.54, 1.807) is 11.3 Å². The number of benzene rings is 2. The maximum absolute atomic E-state index is 12.2. The standard InChI is InChI=1S/C24H26ClN3O2S/c1-16-23(31-22(26-16)17-10-12-18(25)13-11-17)27(2)19-7-6-14-28(15-19)21-9-5-4-8-20(21)24(29)30-3/h4-5,8-13,19H,6-7,14-15H2,1-3H3. The fourth-order valence-corrected chi connectivity index (χ4v) is 5.35. The highest BCUT2D eigenvalue weighted by Crippen LogP contribution is 2.36. The molecule has 4 rings (SSSR count). The van der Waals surface area contributed by atoms with Crippen LogP contribution in [0.25, 0.3) is 10.6 Å². The first-order chi connectivity index (χ1) is 15.0. The van der Waals surface area contributed by atoms with Crippen molar-refractivity contribution in [3.8, 4) is 10.6 Å². The summed E-state index contributed by atoms with van der Waals surface area (Å²) >= 11 is 7.74. The smallest absolute Gasteiger partial charge is 0.339 e. The van der Waals surface area contributed by atoms with Gasteiger partial charge in [-0.2, -0.15) is 0 Å². The van der Waals surface area contributed by atoms with Gasteiger partial charge in [0.1, 0.15) is 10.0 Å². The van der Waals surface area contributed by atoms with E-state index in [9.17, 15) is 4.79 Å². The largest absolute Gasteiger partial charge is 0.465 e. The number of anilines is 2. The molecule has 2 heterocycles. The highest BCUT2D eigenvalue weighted by atomic mass is 35.5. The van der Waals surface area contributed by atoms with Crippen molar-refractivity contribution in [1.29, 1.82) is 0 Å². The molecule has 0 radical (unpaired) electrons. The normalized spacial score (nSPS) is 16.3. The third kappa shape index (κ3) is 4.55. The number of methoxy groups -OCH3 is 1. The second-order valence-corrected chi connectivity index (χ2v) is 9.19. The first kappa shape index (κ1) is 21.7. The SMILES string of the molecule is COC(=O)c1ccccc1N1CCCC(N(C)c2sc(-c3ccc(Cl)cc3)nc2C)C1. The minimum Gasteiger partial charge on any atom is -0.465 e. The van der Waals surface area contributed by atoms with Crippen LogP contribution in [0.4, 0.5) is 10.7 Å². The first-order valence-corrected chi connectivity index (χ1v) is 11.6. The van der Waals surface area contributed by atoms with Crippen LogP contribution < -0.4 is 9.80 Å². The molecule has 1 fully saturated rings. The topological polar surface area (TPSA) is 45.7 Å². The molecule has 1 atom stereocenters. The summed E-state index contributed by atoms with van der Waals surface area (Å²) in [4.78, 5) is 21.7. The molecule has 0 aliphatic carbocycles. The van der Waals surface area contributed by atoms with Crippen LogP contribution in [-0.4, -0.2) is 44.2 Å². The van der Waals surface area contributed by atoms with Crippen LogP contribution in [0.3, 0.4) is 0 Å². The monoisotopic (exact) mass is 455 g/mol. The summed E-state index contributed by atoms with van der Waals surface area (Å²) in [5.74, 6) is -0.294. The third-order valence-electron chi connectivity index (χ3n) is 5.78. The number of carbonyl (C=O) groups excluding carboxylic acids is 1. The van der Waals surface area contributed by atoms with Gasteiger partial charge in [0.15, 0.2) is 0 Å². The summed E-state index contributed by atoms with van der Waals surface area (Å²) in [5.41, 5.74) is 3.67. The Balaban J connectivity index is 1.56. The fraction of sp³-hybridized carbons (Fsp3) is 0.333. The number of hydrogen-bond donors (Lipinski definition) is 0. The van der Waals surface area contributed by atoms with Gasteiger partial charge in [-0.25, -0.2) is 9.78 Å². The molecule has 3 aromatic rings. The predicted octanol–water partition coefficient (Wildman–Crippen LogP) is 5.66. The Morgan fingerprint density at radius 1 is 1.23 bits per heavy atom. The van der Waals surface area contributed by atoms with Crippen molar-refractivity contribution in [2.45, 2.75) is 25.8 Å². The van der Waals surface area contributed by atoms with E-state index in [0.717, 1.165) is 52.9 Å². The van der Waals surface area contributed by atoms with Gasteiger partial charge in [-0.1, -0.05) is 47.2 Å². The number of likely N-dealkylation sites (N-methyl/N-ethyl adjacent to an activating group) is 1. The van der Waals surface area contributed by atoms with Gasteiger partial charge in [0.2, 0.25) is 0 Å². The molecule has 0 bridgehead atoms. The average molecular weight is 456 g/mol. The van der Waals surface area contributed by atoms with Gasteiger partial charge in [-0.05, 0) is 44.0 Å². The summed E-state index contributed by atoms with van der Waals surface area (Å²) in [6.07, 6.45) is 2.16. The van der Waals surface area contributed by atoms with Crippen LogP contribution in [-0.2, 0) is 4.74 Å². The third-order valence-corrected chi connectivity index (χ3v) is 7.33. The maximum Gasteiger partial charge on any atom is 0.339 e. The zero-order chi connectivity index (χ0) is 22.0. The summed E-state index contributed by atoms with van der Waals surface area (Å²) in [6.45, 7) is 3.84. The molecule has 162 valence electrons. The number of esters is 1. The lowest BCUT2D eigenvalue weighted by molar-refractivity contribution is 0.0601. The summed E-state index contributed by atoms with van der Waals surface area (Å²) in [7, 11) is 3.57. The van der Waals surface area contributed by atoms with E-state index < -0.39 is 0 Å². The second kappa shape index (κ2) is 9.28. The van der Waals surface area contributed by atoms with Crippen molar-refractivity contribution >= 4 is 39.6 Å². The number of aryl methyl sites for hydroxylation is 1. The molecule has 0 N–H and O–H groups in total. The molecule has 0 saturated carbocycles. The van der Waals surface area contributed by atoms with E-state index in [-0.39, 0.29) is 5.97 Å². The Hall–Kier alpha value is -2.57. The van der Waals surface area contributed by atoms with Crippen molar-refractivity contribution in [1.82, 2.24) is 4.98 Å². The van der Waals surface area contributed by atoms with Crippen molar-refractivity contribution in [3.63, 3.8) is 0 Å². The van der Waals surface area contributed by atoms with Gasteiger partial charge in [-0.15, -0.1) is 0 Å². The molecule has 1 unspecified atom stereocenters. The van der Waals surface area contributed by atoms with Crippen LogP contribution in [0.15, 0.2) is 48.5 Å². The van der Waals surface area contributed by atoms with Gasteiger partial charge in [0.25, 0.3) is 0 Å². The average Bonchev–Trinajstić information content (AvgIpc) is 3.20. The quantitative estimate of drug-likeness (QED) is 0.464. The second-order valence-electron chi connectivity index (χ2n) is 7.78. The minimum atomic E-state index is -0.294. The lowest BCUT2D eigenvalue weighted by Gasteiger charge is -2.39. The number of ether oxygens (including phenoxy) is 1. The van der Waals surface area contributed by atoms with Crippen LogP contribution in [0.2, 0.25) is 5.02 Å². The Bertz CT molecular complexity index is 1070. The Morgan fingerprint density at radius 3 is 2.71 bits per heavy atom. The molecule has 5 nitrogen and oxygen atoms in total. The summed E-state index contributed by atoms with van der Waals surface area (Å²) < 4.78 is 4.99. The number of rotatable bonds is 5. The van der Waals surface area contributed by atoms with E-state index in [1.807, 2.05) is 48.5 Å². The lowest BCUT2D eigenvalue weighted by Crippen LogP contribution is -2.47. The maximum atomic E-state index is 12.2. The van der Waals surface area contributed by atoms with E-state index in [1.165, 1.54) is 12.1 Å². The first-order valence-electron chi connectivity index (χ1n) is 10.4. The molecular formula is C24H26ClN3O2S. The molecule has 7 heteroatoms. The zero-order valence-corrected chi connectivity index (χ0v) is 19.5. The van der Waals surface area contributed by atoms with E-state index in [2.05, 4.69) is 23.8 Å².